The standard InChI is InChI=1S/C14H26N2O2/c1-3-12-11(5-8-18-12)9-16-13(17)14(4-2)6-7-15-10-14/h11-12,15H,3-10H2,1-2H3,(H,16,17). The molecule has 2 fully saturated rings. The fourth-order valence-electron chi connectivity index (χ4n) is 3.19. The van der Waals surface area contributed by atoms with Crippen LogP contribution >= 0.6 is 0 Å². The lowest BCUT2D eigenvalue weighted by molar-refractivity contribution is -0.130. The van der Waals surface area contributed by atoms with Gasteiger partial charge < -0.3 is 15.4 Å². The molecule has 2 aliphatic rings. The summed E-state index contributed by atoms with van der Waals surface area (Å²) in [5.74, 6) is 0.735. The van der Waals surface area contributed by atoms with Crippen LogP contribution in [0.1, 0.15) is 39.5 Å². The van der Waals surface area contributed by atoms with Crippen LogP contribution in [0.2, 0.25) is 0 Å². The molecule has 0 aliphatic carbocycles. The first-order valence-electron chi connectivity index (χ1n) is 7.32. The van der Waals surface area contributed by atoms with E-state index in [0.717, 1.165) is 51.9 Å². The van der Waals surface area contributed by atoms with Crippen molar-refractivity contribution in [2.24, 2.45) is 11.3 Å². The Hall–Kier alpha value is -0.610. The molecule has 0 aromatic heterocycles. The third-order valence-corrected chi connectivity index (χ3v) is 4.68. The minimum atomic E-state index is -0.166. The molecule has 1 amide bonds. The van der Waals surface area contributed by atoms with Gasteiger partial charge in [0.1, 0.15) is 0 Å². The lowest BCUT2D eigenvalue weighted by Crippen LogP contribution is -2.44. The second-order valence-electron chi connectivity index (χ2n) is 5.64. The van der Waals surface area contributed by atoms with E-state index < -0.39 is 0 Å². The molecule has 2 saturated heterocycles. The number of hydrogen-bond donors (Lipinski definition) is 2. The first-order chi connectivity index (χ1) is 8.72. The van der Waals surface area contributed by atoms with Crippen molar-refractivity contribution in [2.45, 2.75) is 45.6 Å². The topological polar surface area (TPSA) is 50.4 Å². The number of hydrogen-bond acceptors (Lipinski definition) is 3. The summed E-state index contributed by atoms with van der Waals surface area (Å²) in [7, 11) is 0. The SMILES string of the molecule is CCC1OCCC1CNC(=O)C1(CC)CCNC1. The number of ether oxygens (including phenoxy) is 1. The fraction of sp³-hybridized carbons (Fsp3) is 0.929. The van der Waals surface area contributed by atoms with E-state index in [2.05, 4.69) is 24.5 Å². The minimum absolute atomic E-state index is 0.166. The molecular weight excluding hydrogens is 228 g/mol. The maximum absolute atomic E-state index is 12.4. The van der Waals surface area contributed by atoms with Crippen LogP contribution < -0.4 is 10.6 Å². The molecule has 4 heteroatoms. The van der Waals surface area contributed by atoms with Gasteiger partial charge in [-0.1, -0.05) is 13.8 Å². The van der Waals surface area contributed by atoms with Gasteiger partial charge >= 0.3 is 0 Å². The summed E-state index contributed by atoms with van der Waals surface area (Å²) < 4.78 is 5.66. The number of rotatable bonds is 5. The highest BCUT2D eigenvalue weighted by Crippen LogP contribution is 2.30. The van der Waals surface area contributed by atoms with Crippen molar-refractivity contribution in [3.8, 4) is 0 Å². The van der Waals surface area contributed by atoms with Gasteiger partial charge in [-0.15, -0.1) is 0 Å². The zero-order valence-electron chi connectivity index (χ0n) is 11.6. The molecule has 18 heavy (non-hydrogen) atoms. The monoisotopic (exact) mass is 254 g/mol. The summed E-state index contributed by atoms with van der Waals surface area (Å²) in [5.41, 5.74) is -0.166. The van der Waals surface area contributed by atoms with Gasteiger partial charge in [0.15, 0.2) is 0 Å². The van der Waals surface area contributed by atoms with Crippen LogP contribution in [0.5, 0.6) is 0 Å². The molecule has 4 nitrogen and oxygen atoms in total. The molecule has 3 atom stereocenters. The molecular formula is C14H26N2O2. The Labute approximate surface area is 110 Å². The average molecular weight is 254 g/mol. The van der Waals surface area contributed by atoms with Gasteiger partial charge in [0.2, 0.25) is 5.91 Å². The third kappa shape index (κ3) is 2.69. The van der Waals surface area contributed by atoms with E-state index in [1.54, 1.807) is 0 Å². The van der Waals surface area contributed by atoms with Crippen LogP contribution in [0.4, 0.5) is 0 Å². The second kappa shape index (κ2) is 6.02. The van der Waals surface area contributed by atoms with Crippen LogP contribution in [-0.2, 0) is 9.53 Å². The summed E-state index contributed by atoms with van der Waals surface area (Å²) in [4.78, 5) is 12.4. The van der Waals surface area contributed by atoms with Gasteiger partial charge in [-0.2, -0.15) is 0 Å². The van der Waals surface area contributed by atoms with Crippen LogP contribution in [0, 0.1) is 11.3 Å². The van der Waals surface area contributed by atoms with Gasteiger partial charge in [-0.25, -0.2) is 0 Å². The van der Waals surface area contributed by atoms with Crippen LogP contribution in [0.25, 0.3) is 0 Å². The Balaban J connectivity index is 1.84. The average Bonchev–Trinajstić information content (AvgIpc) is 3.05. The Morgan fingerprint density at radius 2 is 2.33 bits per heavy atom. The number of nitrogens with one attached hydrogen (secondary N) is 2. The Morgan fingerprint density at radius 1 is 1.50 bits per heavy atom. The van der Waals surface area contributed by atoms with E-state index in [-0.39, 0.29) is 11.3 Å². The zero-order valence-corrected chi connectivity index (χ0v) is 11.6. The van der Waals surface area contributed by atoms with Crippen molar-refractivity contribution in [3.63, 3.8) is 0 Å². The number of amides is 1. The first-order valence-corrected chi connectivity index (χ1v) is 7.32. The maximum Gasteiger partial charge on any atom is 0.227 e. The molecule has 0 bridgehead atoms. The van der Waals surface area contributed by atoms with E-state index in [1.165, 1.54) is 0 Å². The predicted molar refractivity (Wildman–Crippen MR) is 71.4 cm³/mol. The highest BCUT2D eigenvalue weighted by atomic mass is 16.5. The molecule has 0 aromatic carbocycles. The Bertz CT molecular complexity index is 288. The molecule has 2 N–H and O–H groups in total. The highest BCUT2D eigenvalue weighted by molar-refractivity contribution is 5.83. The Morgan fingerprint density at radius 3 is 2.94 bits per heavy atom. The van der Waals surface area contributed by atoms with Crippen molar-refractivity contribution in [1.29, 1.82) is 0 Å². The molecule has 0 spiro atoms. The smallest absolute Gasteiger partial charge is 0.227 e. The maximum atomic E-state index is 12.4. The molecule has 104 valence electrons. The second-order valence-corrected chi connectivity index (χ2v) is 5.64. The molecule has 2 aliphatic heterocycles. The molecule has 0 aromatic rings. The van der Waals surface area contributed by atoms with Crippen LogP contribution in [-0.4, -0.2) is 38.3 Å². The normalized spacial score (nSPS) is 35.9. The van der Waals surface area contributed by atoms with Crippen molar-refractivity contribution in [2.75, 3.05) is 26.2 Å². The summed E-state index contributed by atoms with van der Waals surface area (Å²) in [5, 5.41) is 6.47. The van der Waals surface area contributed by atoms with E-state index >= 15 is 0 Å². The summed E-state index contributed by atoms with van der Waals surface area (Å²) in [6.07, 6.45) is 4.35. The third-order valence-electron chi connectivity index (χ3n) is 4.68. The van der Waals surface area contributed by atoms with E-state index in [1.807, 2.05) is 0 Å². The largest absolute Gasteiger partial charge is 0.378 e. The number of carbonyl (C=O) groups excluding carboxylic acids is 1. The predicted octanol–water partition coefficient (Wildman–Crippen LogP) is 1.31. The van der Waals surface area contributed by atoms with Crippen LogP contribution in [0.3, 0.4) is 0 Å². The van der Waals surface area contributed by atoms with E-state index in [0.29, 0.717) is 12.0 Å². The van der Waals surface area contributed by atoms with Gasteiger partial charge in [0, 0.05) is 25.6 Å². The summed E-state index contributed by atoms with van der Waals surface area (Å²) >= 11 is 0. The van der Waals surface area contributed by atoms with Crippen molar-refractivity contribution < 1.29 is 9.53 Å². The van der Waals surface area contributed by atoms with E-state index in [9.17, 15) is 4.79 Å². The van der Waals surface area contributed by atoms with E-state index in [4.69, 9.17) is 4.74 Å². The molecule has 0 saturated carbocycles. The van der Waals surface area contributed by atoms with Gasteiger partial charge in [-0.3, -0.25) is 4.79 Å². The molecule has 2 heterocycles. The minimum Gasteiger partial charge on any atom is -0.378 e. The van der Waals surface area contributed by atoms with Gasteiger partial charge in [-0.05, 0) is 32.2 Å². The zero-order chi connectivity index (χ0) is 13.0. The highest BCUT2D eigenvalue weighted by Gasteiger charge is 2.39. The van der Waals surface area contributed by atoms with Gasteiger partial charge in [0.05, 0.1) is 11.5 Å². The number of carbonyl (C=O) groups is 1. The lowest BCUT2D eigenvalue weighted by Gasteiger charge is -2.27. The Kier molecular flexibility index (Phi) is 4.62. The fourth-order valence-corrected chi connectivity index (χ4v) is 3.19. The quantitative estimate of drug-likeness (QED) is 0.777. The van der Waals surface area contributed by atoms with Gasteiger partial charge in [0.25, 0.3) is 0 Å². The molecule has 2 rings (SSSR count). The summed E-state index contributed by atoms with van der Waals surface area (Å²) in [6, 6.07) is 0. The first kappa shape index (κ1) is 13.8. The lowest BCUT2D eigenvalue weighted by atomic mass is 9.83. The molecule has 3 unspecified atom stereocenters. The van der Waals surface area contributed by atoms with Crippen molar-refractivity contribution >= 4 is 5.91 Å². The van der Waals surface area contributed by atoms with Crippen molar-refractivity contribution in [1.82, 2.24) is 10.6 Å². The van der Waals surface area contributed by atoms with Crippen LogP contribution in [0.15, 0.2) is 0 Å². The summed E-state index contributed by atoms with van der Waals surface area (Å²) in [6.45, 7) is 7.68. The molecule has 0 radical (unpaired) electrons. The van der Waals surface area contributed by atoms with Crippen molar-refractivity contribution in [3.05, 3.63) is 0 Å².